The second-order valence-corrected chi connectivity index (χ2v) is 11.2. The van der Waals surface area contributed by atoms with E-state index in [9.17, 15) is 35.9 Å². The van der Waals surface area contributed by atoms with E-state index in [1.165, 1.54) is 12.0 Å². The largest absolute Gasteiger partial charge is 0.416 e. The lowest BCUT2D eigenvalue weighted by atomic mass is 10.0. The smallest absolute Gasteiger partial charge is 0.385 e. The number of hydrogen-bond donors (Lipinski definition) is 0. The number of hydrogen-bond acceptors (Lipinski definition) is 3. The SMILES string of the molecule is COCCCN(CC(=O)N(Cc1cccn1Cc1ccccc1Cl)CC(C)C)C(=O)c1cc(C(F)(F)F)cc(C(F)(F)F)c1. The number of carbonyl (C=O) groups excluding carboxylic acids is 2. The third-order valence-electron chi connectivity index (χ3n) is 6.74. The van der Waals surface area contributed by atoms with Crippen molar-refractivity contribution in [2.24, 2.45) is 5.92 Å². The van der Waals surface area contributed by atoms with Crippen LogP contribution >= 0.6 is 11.6 Å². The summed E-state index contributed by atoms with van der Waals surface area (Å²) in [6.45, 7) is 4.13. The first-order valence-corrected chi connectivity index (χ1v) is 14.2. The zero-order valence-electron chi connectivity index (χ0n) is 24.5. The Morgan fingerprint density at radius 2 is 1.57 bits per heavy atom. The van der Waals surface area contributed by atoms with Gasteiger partial charge < -0.3 is 19.1 Å². The van der Waals surface area contributed by atoms with Gasteiger partial charge in [-0.15, -0.1) is 0 Å². The van der Waals surface area contributed by atoms with Crippen molar-refractivity contribution < 1.29 is 40.7 Å². The second-order valence-electron chi connectivity index (χ2n) is 10.8. The fourth-order valence-electron chi connectivity index (χ4n) is 4.62. The second kappa shape index (κ2) is 15.0. The van der Waals surface area contributed by atoms with Crippen LogP contribution in [0, 0.1) is 5.92 Å². The molecule has 44 heavy (non-hydrogen) atoms. The Balaban J connectivity index is 1.91. The molecule has 1 aromatic heterocycles. The van der Waals surface area contributed by atoms with Crippen LogP contribution in [0.2, 0.25) is 5.02 Å². The van der Waals surface area contributed by atoms with Crippen LogP contribution in [0.4, 0.5) is 26.3 Å². The predicted octanol–water partition coefficient (Wildman–Crippen LogP) is 7.39. The lowest BCUT2D eigenvalue weighted by molar-refractivity contribution is -0.143. The highest BCUT2D eigenvalue weighted by Gasteiger charge is 2.38. The first kappa shape index (κ1) is 35.0. The van der Waals surface area contributed by atoms with E-state index in [-0.39, 0.29) is 44.6 Å². The van der Waals surface area contributed by atoms with Gasteiger partial charge in [-0.25, -0.2) is 0 Å². The first-order valence-electron chi connectivity index (χ1n) is 13.8. The number of halogens is 7. The highest BCUT2D eigenvalue weighted by molar-refractivity contribution is 6.31. The molecular formula is C31H34ClF6N3O3. The topological polar surface area (TPSA) is 54.8 Å². The molecule has 0 atom stereocenters. The van der Waals surface area contributed by atoms with Crippen LogP contribution in [-0.4, -0.2) is 59.5 Å². The normalized spacial score (nSPS) is 12.1. The fourth-order valence-corrected chi connectivity index (χ4v) is 4.82. The van der Waals surface area contributed by atoms with Gasteiger partial charge in [-0.05, 0) is 54.3 Å². The summed E-state index contributed by atoms with van der Waals surface area (Å²) in [5, 5.41) is 0.579. The Hall–Kier alpha value is -3.51. The van der Waals surface area contributed by atoms with Gasteiger partial charge in [0.05, 0.1) is 17.7 Å². The maximum atomic E-state index is 13.7. The van der Waals surface area contributed by atoms with E-state index in [4.69, 9.17) is 16.3 Å². The molecule has 240 valence electrons. The average molecular weight is 646 g/mol. The zero-order chi connectivity index (χ0) is 32.7. The molecule has 0 saturated carbocycles. The molecule has 3 aromatic rings. The molecule has 0 aliphatic heterocycles. The molecule has 0 spiro atoms. The number of methoxy groups -OCH3 is 1. The number of carbonyl (C=O) groups is 2. The maximum absolute atomic E-state index is 13.7. The summed E-state index contributed by atoms with van der Waals surface area (Å²) in [6.07, 6.45) is -8.21. The standard InChI is InChI=1S/C31H34ClF6N3O3/c1-21(2)17-41(19-26-9-6-11-39(26)18-22-8-4-5-10-27(22)32)28(42)20-40(12-7-13-44-3)29(43)23-14-24(30(33,34)35)16-25(15-23)31(36,37)38/h4-6,8-11,14-16,21H,7,12-13,17-20H2,1-3H3. The van der Waals surface area contributed by atoms with Crippen LogP contribution in [0.1, 0.15) is 53.0 Å². The van der Waals surface area contributed by atoms with Crippen molar-refractivity contribution in [3.8, 4) is 0 Å². The van der Waals surface area contributed by atoms with Crippen LogP contribution in [0.3, 0.4) is 0 Å². The molecule has 2 amide bonds. The highest BCUT2D eigenvalue weighted by atomic mass is 35.5. The van der Waals surface area contributed by atoms with Crippen molar-refractivity contribution in [1.82, 2.24) is 14.4 Å². The highest BCUT2D eigenvalue weighted by Crippen LogP contribution is 2.36. The lowest BCUT2D eigenvalue weighted by Crippen LogP contribution is -2.44. The molecule has 0 aliphatic carbocycles. The molecule has 0 radical (unpaired) electrons. The first-order chi connectivity index (χ1) is 20.6. The molecule has 0 fully saturated rings. The van der Waals surface area contributed by atoms with Crippen molar-refractivity contribution in [2.75, 3.05) is 33.4 Å². The number of alkyl halides is 6. The van der Waals surface area contributed by atoms with Gasteiger partial charge in [0.2, 0.25) is 5.91 Å². The quantitative estimate of drug-likeness (QED) is 0.144. The number of rotatable bonds is 13. The Morgan fingerprint density at radius 1 is 0.932 bits per heavy atom. The molecular weight excluding hydrogens is 612 g/mol. The summed E-state index contributed by atoms with van der Waals surface area (Å²) in [6, 6.07) is 11.7. The monoisotopic (exact) mass is 645 g/mol. The predicted molar refractivity (Wildman–Crippen MR) is 154 cm³/mol. The van der Waals surface area contributed by atoms with Gasteiger partial charge >= 0.3 is 12.4 Å². The van der Waals surface area contributed by atoms with Crippen LogP contribution in [0.5, 0.6) is 0 Å². The summed E-state index contributed by atoms with van der Waals surface area (Å²) in [5.74, 6) is -1.63. The Kier molecular flexibility index (Phi) is 11.9. The minimum Gasteiger partial charge on any atom is -0.385 e. The summed E-state index contributed by atoms with van der Waals surface area (Å²) in [5.41, 5.74) is -2.41. The van der Waals surface area contributed by atoms with Gasteiger partial charge in [-0.1, -0.05) is 43.6 Å². The molecule has 1 heterocycles. The van der Waals surface area contributed by atoms with E-state index in [2.05, 4.69) is 0 Å². The van der Waals surface area contributed by atoms with Crippen molar-refractivity contribution in [3.63, 3.8) is 0 Å². The van der Waals surface area contributed by atoms with Crippen LogP contribution in [-0.2, 0) is 35.0 Å². The van der Waals surface area contributed by atoms with Crippen molar-refractivity contribution in [2.45, 2.75) is 45.7 Å². The third kappa shape index (κ3) is 9.75. The minimum atomic E-state index is -5.13. The van der Waals surface area contributed by atoms with Gasteiger partial charge in [0.1, 0.15) is 6.54 Å². The number of nitrogens with zero attached hydrogens (tertiary/aromatic N) is 3. The van der Waals surface area contributed by atoms with Crippen LogP contribution in [0.25, 0.3) is 0 Å². The molecule has 0 saturated heterocycles. The fraction of sp³-hybridized carbons (Fsp3) is 0.419. The van der Waals surface area contributed by atoms with E-state index in [1.54, 1.807) is 6.07 Å². The van der Waals surface area contributed by atoms with E-state index in [1.807, 2.05) is 54.9 Å². The van der Waals surface area contributed by atoms with Crippen molar-refractivity contribution in [3.05, 3.63) is 93.8 Å². The number of amides is 2. The molecule has 6 nitrogen and oxygen atoms in total. The molecule has 0 N–H and O–H groups in total. The summed E-state index contributed by atoms with van der Waals surface area (Å²) in [7, 11) is 1.40. The summed E-state index contributed by atoms with van der Waals surface area (Å²) in [4.78, 5) is 29.6. The van der Waals surface area contributed by atoms with Gasteiger partial charge in [0.25, 0.3) is 5.91 Å². The average Bonchev–Trinajstić information content (AvgIpc) is 3.37. The number of aromatic nitrogens is 1. The van der Waals surface area contributed by atoms with Gasteiger partial charge in [0.15, 0.2) is 0 Å². The molecule has 0 unspecified atom stereocenters. The van der Waals surface area contributed by atoms with Gasteiger partial charge in [-0.2, -0.15) is 26.3 Å². The van der Waals surface area contributed by atoms with Crippen LogP contribution < -0.4 is 0 Å². The maximum Gasteiger partial charge on any atom is 0.416 e. The summed E-state index contributed by atoms with van der Waals surface area (Å²) < 4.78 is 87.8. The molecule has 3 rings (SSSR count). The molecule has 0 aliphatic rings. The Morgan fingerprint density at radius 3 is 2.14 bits per heavy atom. The van der Waals surface area contributed by atoms with Crippen molar-refractivity contribution >= 4 is 23.4 Å². The Labute approximate surface area is 257 Å². The van der Waals surface area contributed by atoms with Gasteiger partial charge in [0, 0.05) is 55.8 Å². The van der Waals surface area contributed by atoms with E-state index in [0.29, 0.717) is 23.7 Å². The molecule has 2 aromatic carbocycles. The number of benzene rings is 2. The minimum absolute atomic E-state index is 0.0152. The molecule has 0 bridgehead atoms. The van der Waals surface area contributed by atoms with E-state index >= 15 is 0 Å². The molecule has 13 heteroatoms. The zero-order valence-corrected chi connectivity index (χ0v) is 25.3. The van der Waals surface area contributed by atoms with Crippen molar-refractivity contribution in [1.29, 1.82) is 0 Å². The third-order valence-corrected chi connectivity index (χ3v) is 7.11. The Bertz CT molecular complexity index is 1390. The van der Waals surface area contributed by atoms with E-state index in [0.717, 1.165) is 16.2 Å². The lowest BCUT2D eigenvalue weighted by Gasteiger charge is -2.29. The van der Waals surface area contributed by atoms with Crippen LogP contribution in [0.15, 0.2) is 60.8 Å². The van der Waals surface area contributed by atoms with Gasteiger partial charge in [-0.3, -0.25) is 9.59 Å². The summed E-state index contributed by atoms with van der Waals surface area (Å²) >= 11 is 6.33. The number of ether oxygens (including phenoxy) is 1. The van der Waals surface area contributed by atoms with E-state index < -0.39 is 47.4 Å².